The van der Waals surface area contributed by atoms with E-state index >= 15 is 0 Å². The molecule has 36 heavy (non-hydrogen) atoms. The SMILES string of the molecule is CCCN(CCO)C(=O)C1=Cc2ccc(C(=O)C(=O)Nc3cnc4c(c3)CNCC4)nc2N=C(N)C1. The van der Waals surface area contributed by atoms with Gasteiger partial charge in [0.1, 0.15) is 11.5 Å². The molecular weight excluding hydrogens is 462 g/mol. The van der Waals surface area contributed by atoms with Crippen molar-refractivity contribution in [2.75, 3.05) is 31.6 Å². The fourth-order valence-electron chi connectivity index (χ4n) is 4.16. The molecule has 4 heterocycles. The standard InChI is InChI=1S/C25H29N7O4/c1-2-7-32(8-9-33)25(36)16-10-15-3-4-20(30-23(15)31-21(26)12-16)22(34)24(35)29-18-11-17-13-27-6-5-19(17)28-14-18/h3-4,10-11,14,27,33H,2,5-9,12-13H2,1H3,(H,29,35)(H2,26,30,31). The number of amides is 2. The van der Waals surface area contributed by atoms with E-state index in [1.165, 1.54) is 12.3 Å². The van der Waals surface area contributed by atoms with Gasteiger partial charge in [0.2, 0.25) is 5.91 Å². The van der Waals surface area contributed by atoms with Crippen molar-refractivity contribution in [3.05, 3.63) is 52.5 Å². The summed E-state index contributed by atoms with van der Waals surface area (Å²) in [6, 6.07) is 4.81. The van der Waals surface area contributed by atoms with Crippen LogP contribution in [0.3, 0.4) is 0 Å². The molecule has 0 saturated heterocycles. The van der Waals surface area contributed by atoms with Crippen molar-refractivity contribution >= 4 is 41.0 Å². The number of hydrogen-bond acceptors (Lipinski definition) is 9. The van der Waals surface area contributed by atoms with Gasteiger partial charge in [-0.3, -0.25) is 19.4 Å². The van der Waals surface area contributed by atoms with Crippen LogP contribution >= 0.6 is 0 Å². The molecule has 2 amide bonds. The van der Waals surface area contributed by atoms with Crippen LogP contribution in [0.15, 0.2) is 35.0 Å². The third-order valence-corrected chi connectivity index (χ3v) is 5.89. The van der Waals surface area contributed by atoms with Gasteiger partial charge in [-0.05, 0) is 36.3 Å². The van der Waals surface area contributed by atoms with Gasteiger partial charge < -0.3 is 26.4 Å². The van der Waals surface area contributed by atoms with E-state index < -0.39 is 11.7 Å². The quantitative estimate of drug-likeness (QED) is 0.313. The van der Waals surface area contributed by atoms with E-state index in [0.29, 0.717) is 29.9 Å². The van der Waals surface area contributed by atoms with Crippen LogP contribution in [0.5, 0.6) is 0 Å². The molecule has 0 fully saturated rings. The van der Waals surface area contributed by atoms with Gasteiger partial charge in [0.25, 0.3) is 11.7 Å². The Morgan fingerprint density at radius 1 is 1.25 bits per heavy atom. The molecule has 2 aliphatic heterocycles. The molecule has 0 aromatic carbocycles. The average molecular weight is 492 g/mol. The Bertz CT molecular complexity index is 1250. The Morgan fingerprint density at radius 3 is 2.86 bits per heavy atom. The molecular formula is C25H29N7O4. The zero-order valence-electron chi connectivity index (χ0n) is 20.1. The molecule has 2 aromatic heterocycles. The number of aliphatic imine (C=N–C) groups is 1. The Labute approximate surface area is 208 Å². The number of nitrogens with two attached hydrogens (primary N) is 1. The van der Waals surface area contributed by atoms with Crippen LogP contribution < -0.4 is 16.4 Å². The molecule has 5 N–H and O–H groups in total. The first-order chi connectivity index (χ1) is 17.4. The second kappa shape index (κ2) is 11.2. The molecule has 188 valence electrons. The number of amidine groups is 1. The normalized spacial score (nSPS) is 14.5. The first kappa shape index (κ1) is 25.1. The summed E-state index contributed by atoms with van der Waals surface area (Å²) in [6.07, 6.45) is 4.82. The van der Waals surface area contributed by atoms with Gasteiger partial charge in [0.15, 0.2) is 5.82 Å². The van der Waals surface area contributed by atoms with Crippen LogP contribution in [0, 0.1) is 0 Å². The first-order valence-corrected chi connectivity index (χ1v) is 11.9. The van der Waals surface area contributed by atoms with Gasteiger partial charge in [-0.2, -0.15) is 0 Å². The lowest BCUT2D eigenvalue weighted by molar-refractivity contribution is -0.127. The van der Waals surface area contributed by atoms with Crippen LogP contribution in [0.2, 0.25) is 0 Å². The highest BCUT2D eigenvalue weighted by Gasteiger charge is 2.24. The molecule has 2 aromatic rings. The lowest BCUT2D eigenvalue weighted by Crippen LogP contribution is -2.36. The van der Waals surface area contributed by atoms with E-state index in [1.807, 2.05) is 6.92 Å². The van der Waals surface area contributed by atoms with Gasteiger partial charge in [-0.25, -0.2) is 9.98 Å². The van der Waals surface area contributed by atoms with Gasteiger partial charge in [-0.1, -0.05) is 6.92 Å². The minimum Gasteiger partial charge on any atom is -0.395 e. The number of fused-ring (bicyclic) bond motifs is 2. The molecule has 2 aliphatic rings. The molecule has 0 bridgehead atoms. The molecule has 4 rings (SSSR count). The van der Waals surface area contributed by atoms with Gasteiger partial charge in [0.05, 0.1) is 18.5 Å². The number of carbonyl (C=O) groups is 3. The molecule has 0 unspecified atom stereocenters. The summed E-state index contributed by atoms with van der Waals surface area (Å²) in [5, 5.41) is 15.1. The molecule has 11 heteroatoms. The maximum atomic E-state index is 13.0. The van der Waals surface area contributed by atoms with E-state index in [2.05, 4.69) is 25.6 Å². The third kappa shape index (κ3) is 5.64. The van der Waals surface area contributed by atoms with E-state index in [-0.39, 0.29) is 42.8 Å². The fraction of sp³-hybridized carbons (Fsp3) is 0.360. The number of pyridine rings is 2. The topological polar surface area (TPSA) is 163 Å². The highest BCUT2D eigenvalue weighted by Crippen LogP contribution is 2.26. The van der Waals surface area contributed by atoms with Crippen molar-refractivity contribution < 1.29 is 19.5 Å². The van der Waals surface area contributed by atoms with E-state index in [4.69, 9.17) is 5.73 Å². The molecule has 0 aliphatic carbocycles. The highest BCUT2D eigenvalue weighted by molar-refractivity contribution is 6.46. The van der Waals surface area contributed by atoms with E-state index in [0.717, 1.165) is 30.6 Å². The van der Waals surface area contributed by atoms with Crippen LogP contribution in [-0.4, -0.2) is 69.6 Å². The Morgan fingerprint density at radius 2 is 2.08 bits per heavy atom. The second-order valence-corrected chi connectivity index (χ2v) is 8.61. The van der Waals surface area contributed by atoms with Crippen LogP contribution in [0.25, 0.3) is 6.08 Å². The minimum atomic E-state index is -0.843. The molecule has 0 radical (unpaired) electrons. The number of aliphatic hydroxyl groups excluding tert-OH is 1. The van der Waals surface area contributed by atoms with E-state index in [9.17, 15) is 19.5 Å². The van der Waals surface area contributed by atoms with Crippen molar-refractivity contribution in [2.45, 2.75) is 32.7 Å². The van der Waals surface area contributed by atoms with Gasteiger partial charge >= 0.3 is 0 Å². The number of ketones is 1. The summed E-state index contributed by atoms with van der Waals surface area (Å²) in [6.45, 7) is 4.02. The summed E-state index contributed by atoms with van der Waals surface area (Å²) in [5.74, 6) is -1.61. The molecule has 0 spiro atoms. The largest absolute Gasteiger partial charge is 0.395 e. The van der Waals surface area contributed by atoms with Gasteiger partial charge in [-0.15, -0.1) is 0 Å². The number of anilines is 1. The zero-order valence-corrected chi connectivity index (χ0v) is 20.1. The first-order valence-electron chi connectivity index (χ1n) is 11.9. The average Bonchev–Trinajstić information content (AvgIpc) is 3.05. The minimum absolute atomic E-state index is 0.0912. The predicted molar refractivity (Wildman–Crippen MR) is 135 cm³/mol. The molecule has 0 saturated carbocycles. The summed E-state index contributed by atoms with van der Waals surface area (Å²) < 4.78 is 0. The number of nitrogens with zero attached hydrogens (tertiary/aromatic N) is 4. The Hall–Kier alpha value is -3.96. The van der Waals surface area contributed by atoms with Crippen molar-refractivity contribution in [3.8, 4) is 0 Å². The lowest BCUT2D eigenvalue weighted by Gasteiger charge is -2.22. The van der Waals surface area contributed by atoms with Crippen molar-refractivity contribution in [1.82, 2.24) is 20.2 Å². The molecule has 0 atom stereocenters. The lowest BCUT2D eigenvalue weighted by atomic mass is 10.1. The maximum absolute atomic E-state index is 13.0. The van der Waals surface area contributed by atoms with Crippen molar-refractivity contribution in [2.24, 2.45) is 10.7 Å². The van der Waals surface area contributed by atoms with Crippen LogP contribution in [0.1, 0.15) is 47.1 Å². The summed E-state index contributed by atoms with van der Waals surface area (Å²) in [5.41, 5.74) is 9.24. The number of aromatic nitrogens is 2. The maximum Gasteiger partial charge on any atom is 0.298 e. The summed E-state index contributed by atoms with van der Waals surface area (Å²) in [4.78, 5) is 52.9. The monoisotopic (exact) mass is 491 g/mol. The number of hydrogen-bond donors (Lipinski definition) is 4. The van der Waals surface area contributed by atoms with Crippen LogP contribution in [0.4, 0.5) is 11.5 Å². The summed E-state index contributed by atoms with van der Waals surface area (Å²) in [7, 11) is 0. The number of carbonyl (C=O) groups excluding carboxylic acids is 3. The number of rotatable bonds is 8. The van der Waals surface area contributed by atoms with Crippen LogP contribution in [-0.2, 0) is 22.6 Å². The Balaban J connectivity index is 1.54. The summed E-state index contributed by atoms with van der Waals surface area (Å²) >= 11 is 0. The smallest absolute Gasteiger partial charge is 0.298 e. The predicted octanol–water partition coefficient (Wildman–Crippen LogP) is 0.950. The van der Waals surface area contributed by atoms with Crippen molar-refractivity contribution in [1.29, 1.82) is 0 Å². The highest BCUT2D eigenvalue weighted by atomic mass is 16.3. The van der Waals surface area contributed by atoms with Gasteiger partial charge in [0, 0.05) is 55.9 Å². The molecule has 11 nitrogen and oxygen atoms in total. The van der Waals surface area contributed by atoms with Crippen molar-refractivity contribution in [3.63, 3.8) is 0 Å². The number of aliphatic hydroxyl groups is 1. The Kier molecular flexibility index (Phi) is 7.81. The number of nitrogens with one attached hydrogen (secondary N) is 2. The number of Topliss-reactive ketones (excluding diaryl/α,β-unsaturated/α-hetero) is 1. The zero-order chi connectivity index (χ0) is 25.7. The fourth-order valence-corrected chi connectivity index (χ4v) is 4.16. The van der Waals surface area contributed by atoms with E-state index in [1.54, 1.807) is 23.1 Å². The second-order valence-electron chi connectivity index (χ2n) is 8.61. The third-order valence-electron chi connectivity index (χ3n) is 5.89.